The first-order valence-electron chi connectivity index (χ1n) is 5.25. The Labute approximate surface area is 89.0 Å². The van der Waals surface area contributed by atoms with Crippen LogP contribution in [0.4, 0.5) is 0 Å². The Bertz CT molecular complexity index is 566. The number of fused-ring (bicyclic) bond motifs is 1. The lowest BCUT2D eigenvalue weighted by atomic mass is 10.00. The molecule has 78 valence electrons. The number of pyridine rings is 1. The number of hydrogen-bond acceptors (Lipinski definition) is 1. The van der Waals surface area contributed by atoms with Crippen molar-refractivity contribution < 1.29 is 0 Å². The molecule has 0 fully saturated rings. The largest absolute Gasteiger partial charge is 0.328 e. The van der Waals surface area contributed by atoms with Gasteiger partial charge in [-0.15, -0.1) is 0 Å². The van der Waals surface area contributed by atoms with Crippen LogP contribution in [0, 0.1) is 13.8 Å². The number of benzene rings is 1. The van der Waals surface area contributed by atoms with Gasteiger partial charge in [-0.1, -0.05) is 13.0 Å². The van der Waals surface area contributed by atoms with Crippen molar-refractivity contribution in [3.8, 4) is 0 Å². The van der Waals surface area contributed by atoms with Crippen molar-refractivity contribution in [3.05, 3.63) is 45.4 Å². The molecule has 2 heteroatoms. The van der Waals surface area contributed by atoms with Gasteiger partial charge in [-0.05, 0) is 48.4 Å². The zero-order valence-electron chi connectivity index (χ0n) is 9.35. The Morgan fingerprint density at radius 3 is 2.33 bits per heavy atom. The highest BCUT2D eigenvalue weighted by Gasteiger charge is 2.05. The van der Waals surface area contributed by atoms with E-state index in [4.69, 9.17) is 0 Å². The Hall–Kier alpha value is -1.57. The average molecular weight is 201 g/mol. The van der Waals surface area contributed by atoms with Gasteiger partial charge in [-0.2, -0.15) is 0 Å². The van der Waals surface area contributed by atoms with Gasteiger partial charge in [-0.3, -0.25) is 4.79 Å². The molecule has 0 aliphatic rings. The lowest BCUT2D eigenvalue weighted by Gasteiger charge is -2.06. The first kappa shape index (κ1) is 9.97. The Morgan fingerprint density at radius 2 is 1.73 bits per heavy atom. The molecular formula is C13H15NO. The minimum Gasteiger partial charge on any atom is -0.328 e. The molecule has 0 aliphatic heterocycles. The summed E-state index contributed by atoms with van der Waals surface area (Å²) in [5.74, 6) is 0. The van der Waals surface area contributed by atoms with Gasteiger partial charge >= 0.3 is 0 Å². The second-order valence-electron chi connectivity index (χ2n) is 3.98. The van der Waals surface area contributed by atoms with E-state index < -0.39 is 0 Å². The SMILES string of the molecule is CCc1c[nH]c(=O)c2cc(C)c(C)cc12. The van der Waals surface area contributed by atoms with Crippen LogP contribution in [-0.2, 0) is 6.42 Å². The van der Waals surface area contributed by atoms with Crippen molar-refractivity contribution in [1.82, 2.24) is 4.98 Å². The van der Waals surface area contributed by atoms with E-state index in [-0.39, 0.29) is 5.56 Å². The molecule has 15 heavy (non-hydrogen) atoms. The van der Waals surface area contributed by atoms with Gasteiger partial charge < -0.3 is 4.98 Å². The van der Waals surface area contributed by atoms with Gasteiger partial charge in [0.25, 0.3) is 5.56 Å². The summed E-state index contributed by atoms with van der Waals surface area (Å²) in [6.45, 7) is 6.21. The third-order valence-electron chi connectivity index (χ3n) is 2.98. The van der Waals surface area contributed by atoms with Gasteiger partial charge in [0.1, 0.15) is 0 Å². The topological polar surface area (TPSA) is 32.9 Å². The van der Waals surface area contributed by atoms with Crippen LogP contribution in [-0.4, -0.2) is 4.98 Å². The maximum atomic E-state index is 11.7. The molecule has 2 rings (SSSR count). The van der Waals surface area contributed by atoms with Crippen molar-refractivity contribution in [2.24, 2.45) is 0 Å². The highest BCUT2D eigenvalue weighted by Crippen LogP contribution is 2.19. The minimum atomic E-state index is 0.00491. The number of hydrogen-bond donors (Lipinski definition) is 1. The smallest absolute Gasteiger partial charge is 0.255 e. The molecule has 0 amide bonds. The van der Waals surface area contributed by atoms with E-state index in [2.05, 4.69) is 24.9 Å². The molecule has 0 saturated carbocycles. The van der Waals surface area contributed by atoms with Gasteiger partial charge in [0.05, 0.1) is 0 Å². The monoisotopic (exact) mass is 201 g/mol. The van der Waals surface area contributed by atoms with Crippen LogP contribution in [0.1, 0.15) is 23.6 Å². The van der Waals surface area contributed by atoms with Crippen molar-refractivity contribution >= 4 is 10.8 Å². The summed E-state index contributed by atoms with van der Waals surface area (Å²) in [6.07, 6.45) is 2.76. The normalized spacial score (nSPS) is 10.9. The van der Waals surface area contributed by atoms with Crippen molar-refractivity contribution in [2.45, 2.75) is 27.2 Å². The molecule has 0 saturated heterocycles. The van der Waals surface area contributed by atoms with Gasteiger partial charge in [-0.25, -0.2) is 0 Å². The predicted molar refractivity (Wildman–Crippen MR) is 63.4 cm³/mol. The number of aryl methyl sites for hydroxylation is 3. The maximum Gasteiger partial charge on any atom is 0.255 e. The highest BCUT2D eigenvalue weighted by molar-refractivity contribution is 5.86. The number of nitrogens with one attached hydrogen (secondary N) is 1. The average Bonchev–Trinajstić information content (AvgIpc) is 2.22. The second-order valence-corrected chi connectivity index (χ2v) is 3.98. The van der Waals surface area contributed by atoms with E-state index in [9.17, 15) is 4.79 Å². The lowest BCUT2D eigenvalue weighted by molar-refractivity contribution is 1.11. The van der Waals surface area contributed by atoms with Gasteiger partial charge in [0.15, 0.2) is 0 Å². The molecule has 0 spiro atoms. The summed E-state index contributed by atoms with van der Waals surface area (Å²) < 4.78 is 0. The molecule has 1 heterocycles. The Kier molecular flexibility index (Phi) is 2.35. The van der Waals surface area contributed by atoms with Crippen LogP contribution in [0.2, 0.25) is 0 Å². The molecule has 0 bridgehead atoms. The third-order valence-corrected chi connectivity index (χ3v) is 2.98. The quantitative estimate of drug-likeness (QED) is 0.756. The maximum absolute atomic E-state index is 11.7. The summed E-state index contributed by atoms with van der Waals surface area (Å²) in [4.78, 5) is 14.4. The van der Waals surface area contributed by atoms with Crippen LogP contribution in [0.15, 0.2) is 23.1 Å². The van der Waals surface area contributed by atoms with Crippen molar-refractivity contribution in [1.29, 1.82) is 0 Å². The Morgan fingerprint density at radius 1 is 1.13 bits per heavy atom. The van der Waals surface area contributed by atoms with Gasteiger partial charge in [0.2, 0.25) is 0 Å². The number of rotatable bonds is 1. The molecule has 0 unspecified atom stereocenters. The van der Waals surface area contributed by atoms with Crippen LogP contribution in [0.25, 0.3) is 10.8 Å². The summed E-state index contributed by atoms with van der Waals surface area (Å²) in [5, 5.41) is 1.89. The summed E-state index contributed by atoms with van der Waals surface area (Å²) in [6, 6.07) is 4.08. The highest BCUT2D eigenvalue weighted by atomic mass is 16.1. The van der Waals surface area contributed by atoms with E-state index in [0.29, 0.717) is 0 Å². The molecule has 2 aromatic rings. The molecular weight excluding hydrogens is 186 g/mol. The van der Waals surface area contributed by atoms with Crippen LogP contribution < -0.4 is 5.56 Å². The van der Waals surface area contributed by atoms with E-state index in [0.717, 1.165) is 17.2 Å². The first-order chi connectivity index (χ1) is 7.13. The summed E-state index contributed by atoms with van der Waals surface area (Å²) in [5.41, 5.74) is 3.61. The van der Waals surface area contributed by atoms with Crippen LogP contribution in [0.3, 0.4) is 0 Å². The fourth-order valence-corrected chi connectivity index (χ4v) is 1.87. The zero-order valence-corrected chi connectivity index (χ0v) is 9.35. The molecule has 1 aromatic heterocycles. The van der Waals surface area contributed by atoms with E-state index in [1.165, 1.54) is 16.7 Å². The lowest BCUT2D eigenvalue weighted by Crippen LogP contribution is -2.07. The summed E-state index contributed by atoms with van der Waals surface area (Å²) >= 11 is 0. The molecule has 1 aromatic carbocycles. The van der Waals surface area contributed by atoms with E-state index in [1.54, 1.807) is 0 Å². The van der Waals surface area contributed by atoms with E-state index in [1.807, 2.05) is 19.2 Å². The van der Waals surface area contributed by atoms with Gasteiger partial charge in [0, 0.05) is 11.6 Å². The first-order valence-corrected chi connectivity index (χ1v) is 5.25. The molecule has 0 atom stereocenters. The standard InChI is InChI=1S/C13H15NO/c1-4-10-7-14-13(15)12-6-9(3)8(2)5-11(10)12/h5-7H,4H2,1-3H3,(H,14,15). The predicted octanol–water partition coefficient (Wildman–Crippen LogP) is 2.71. The van der Waals surface area contributed by atoms with E-state index >= 15 is 0 Å². The third kappa shape index (κ3) is 1.56. The fraction of sp³-hybridized carbons (Fsp3) is 0.308. The van der Waals surface area contributed by atoms with Crippen LogP contribution in [0.5, 0.6) is 0 Å². The zero-order chi connectivity index (χ0) is 11.0. The van der Waals surface area contributed by atoms with Crippen molar-refractivity contribution in [2.75, 3.05) is 0 Å². The fourth-order valence-electron chi connectivity index (χ4n) is 1.87. The number of aromatic amines is 1. The molecule has 0 radical (unpaired) electrons. The summed E-state index contributed by atoms with van der Waals surface area (Å²) in [7, 11) is 0. The minimum absolute atomic E-state index is 0.00491. The molecule has 0 aliphatic carbocycles. The molecule has 2 nitrogen and oxygen atoms in total. The number of aromatic nitrogens is 1. The van der Waals surface area contributed by atoms with Crippen LogP contribution >= 0.6 is 0 Å². The van der Waals surface area contributed by atoms with Crippen molar-refractivity contribution in [3.63, 3.8) is 0 Å². The second kappa shape index (κ2) is 3.54. The molecule has 1 N–H and O–H groups in total. The Balaban J connectivity index is 2.95. The number of H-pyrrole nitrogens is 1.